The van der Waals surface area contributed by atoms with E-state index in [2.05, 4.69) is 49.9 Å². The molecule has 3 aliphatic carbocycles. The van der Waals surface area contributed by atoms with Crippen molar-refractivity contribution in [3.8, 4) is 5.75 Å². The highest BCUT2D eigenvalue weighted by atomic mass is 16.3. The Morgan fingerprint density at radius 3 is 2.63 bits per heavy atom. The molecular formula is C25H28O2. The Balaban J connectivity index is 1.68. The van der Waals surface area contributed by atoms with E-state index in [9.17, 15) is 10.2 Å². The van der Waals surface area contributed by atoms with Crippen LogP contribution < -0.4 is 0 Å². The predicted molar refractivity (Wildman–Crippen MR) is 108 cm³/mol. The van der Waals surface area contributed by atoms with Crippen LogP contribution in [0.2, 0.25) is 0 Å². The topological polar surface area (TPSA) is 40.5 Å². The van der Waals surface area contributed by atoms with Crippen molar-refractivity contribution in [2.45, 2.75) is 50.5 Å². The first kappa shape index (κ1) is 17.1. The molecule has 140 valence electrons. The number of rotatable bonds is 1. The van der Waals surface area contributed by atoms with E-state index < -0.39 is 0 Å². The molecule has 27 heavy (non-hydrogen) atoms. The summed E-state index contributed by atoms with van der Waals surface area (Å²) < 4.78 is 0. The van der Waals surface area contributed by atoms with Crippen molar-refractivity contribution in [1.29, 1.82) is 0 Å². The summed E-state index contributed by atoms with van der Waals surface area (Å²) in [6, 6.07) is 16.8. The zero-order chi connectivity index (χ0) is 18.8. The smallest absolute Gasteiger partial charge is 0.115 e. The van der Waals surface area contributed by atoms with E-state index in [1.807, 2.05) is 12.1 Å². The van der Waals surface area contributed by atoms with Gasteiger partial charge in [-0.2, -0.15) is 0 Å². The van der Waals surface area contributed by atoms with Gasteiger partial charge in [-0.05, 0) is 89.2 Å². The number of hydrogen-bond donors (Lipinski definition) is 2. The summed E-state index contributed by atoms with van der Waals surface area (Å²) in [5, 5.41) is 20.7. The number of phenols is 1. The van der Waals surface area contributed by atoms with Gasteiger partial charge in [0.2, 0.25) is 0 Å². The van der Waals surface area contributed by atoms with Crippen LogP contribution in [0.1, 0.15) is 54.7 Å². The molecule has 0 aromatic heterocycles. The van der Waals surface area contributed by atoms with Crippen LogP contribution in [0.15, 0.2) is 60.7 Å². The van der Waals surface area contributed by atoms with Gasteiger partial charge in [0.1, 0.15) is 5.75 Å². The van der Waals surface area contributed by atoms with Crippen LogP contribution in [0.3, 0.4) is 0 Å². The average molecular weight is 360 g/mol. The second kappa shape index (κ2) is 5.97. The predicted octanol–water partition coefficient (Wildman–Crippen LogP) is 5.17. The number of benzene rings is 2. The molecule has 2 nitrogen and oxygen atoms in total. The van der Waals surface area contributed by atoms with Crippen LogP contribution in [0.5, 0.6) is 5.75 Å². The third kappa shape index (κ3) is 2.50. The summed E-state index contributed by atoms with van der Waals surface area (Å²) in [5.41, 5.74) is 5.27. The van der Waals surface area contributed by atoms with Gasteiger partial charge in [0.25, 0.3) is 0 Å². The number of aliphatic hydroxyl groups excluding tert-OH is 1. The van der Waals surface area contributed by atoms with Crippen LogP contribution in [-0.2, 0) is 6.42 Å². The maximum Gasteiger partial charge on any atom is 0.115 e. The van der Waals surface area contributed by atoms with Gasteiger partial charge in [-0.25, -0.2) is 0 Å². The van der Waals surface area contributed by atoms with Crippen molar-refractivity contribution in [3.05, 3.63) is 77.4 Å². The standard InChI is InChI=1S/C25H28O2/c1-15-22(27)14-25(2)11-10-20-19-9-8-18(26)12-17(19)13-21(23(20)24(15)25)16-6-4-3-5-7-16/h3-9,12,20-24,26-27H,1,10-11,13-14H2,2H3/t20-,21+,22-,23+,24?,25-/m1/s1. The molecule has 0 amide bonds. The lowest BCUT2D eigenvalue weighted by Gasteiger charge is -2.52. The highest BCUT2D eigenvalue weighted by molar-refractivity contribution is 5.44. The first-order valence-corrected chi connectivity index (χ1v) is 10.2. The molecule has 6 atom stereocenters. The van der Waals surface area contributed by atoms with Crippen LogP contribution in [0.25, 0.3) is 0 Å². The molecule has 0 radical (unpaired) electrons. The lowest BCUT2D eigenvalue weighted by molar-refractivity contribution is 0.0600. The third-order valence-electron chi connectivity index (χ3n) is 7.77. The van der Waals surface area contributed by atoms with Gasteiger partial charge in [0, 0.05) is 0 Å². The fourth-order valence-electron chi connectivity index (χ4n) is 6.65. The summed E-state index contributed by atoms with van der Waals surface area (Å²) in [7, 11) is 0. The average Bonchev–Trinajstić information content (AvgIpc) is 2.90. The second-order valence-corrected chi connectivity index (χ2v) is 9.25. The SMILES string of the molecule is C=C1C2[C@H]3[C@H](CC[C@]2(C)C[C@H]1O)c1ccc(O)cc1C[C@H]3c1ccccc1. The lowest BCUT2D eigenvalue weighted by atomic mass is 9.51. The van der Waals surface area contributed by atoms with Crippen molar-refractivity contribution >= 4 is 0 Å². The number of hydrogen-bond acceptors (Lipinski definition) is 2. The largest absolute Gasteiger partial charge is 0.508 e. The highest BCUT2D eigenvalue weighted by Gasteiger charge is 2.57. The Morgan fingerprint density at radius 1 is 1.07 bits per heavy atom. The van der Waals surface area contributed by atoms with Crippen molar-refractivity contribution in [2.75, 3.05) is 0 Å². The first-order chi connectivity index (χ1) is 13.0. The molecule has 2 aromatic carbocycles. The normalized spacial score (nSPS) is 37.4. The summed E-state index contributed by atoms with van der Waals surface area (Å²) in [5.74, 6) is 2.06. The van der Waals surface area contributed by atoms with E-state index in [0.29, 0.717) is 29.4 Å². The van der Waals surface area contributed by atoms with Gasteiger partial charge in [0.15, 0.2) is 0 Å². The van der Waals surface area contributed by atoms with Crippen molar-refractivity contribution < 1.29 is 10.2 Å². The quantitative estimate of drug-likeness (QED) is 0.689. The van der Waals surface area contributed by atoms with Crippen molar-refractivity contribution in [1.82, 2.24) is 0 Å². The monoisotopic (exact) mass is 360 g/mol. The molecule has 2 aromatic rings. The Kier molecular flexibility index (Phi) is 3.77. The second-order valence-electron chi connectivity index (χ2n) is 9.25. The third-order valence-corrected chi connectivity index (χ3v) is 7.77. The number of aliphatic hydroxyl groups is 1. The Hall–Kier alpha value is -2.06. The van der Waals surface area contributed by atoms with Crippen molar-refractivity contribution in [3.63, 3.8) is 0 Å². The van der Waals surface area contributed by atoms with Gasteiger partial charge < -0.3 is 10.2 Å². The number of fused-ring (bicyclic) bond motifs is 5. The summed E-state index contributed by atoms with van der Waals surface area (Å²) in [6.45, 7) is 6.73. The minimum absolute atomic E-state index is 0.152. The van der Waals surface area contributed by atoms with Crippen LogP contribution in [0.4, 0.5) is 0 Å². The molecule has 1 unspecified atom stereocenters. The molecule has 2 saturated carbocycles. The molecule has 0 heterocycles. The van der Waals surface area contributed by atoms with Crippen LogP contribution in [0, 0.1) is 17.3 Å². The molecular weight excluding hydrogens is 332 g/mol. The van der Waals surface area contributed by atoms with Gasteiger partial charge in [-0.3, -0.25) is 0 Å². The summed E-state index contributed by atoms with van der Waals surface area (Å²) in [4.78, 5) is 0. The molecule has 2 fully saturated rings. The minimum atomic E-state index is -0.364. The van der Waals surface area contributed by atoms with E-state index in [-0.39, 0.29) is 11.5 Å². The lowest BCUT2D eigenvalue weighted by Crippen LogP contribution is -2.43. The summed E-state index contributed by atoms with van der Waals surface area (Å²) >= 11 is 0. The molecule has 3 aliphatic rings. The highest BCUT2D eigenvalue weighted by Crippen LogP contribution is 2.65. The Bertz CT molecular complexity index is 886. The zero-order valence-corrected chi connectivity index (χ0v) is 15.9. The van der Waals surface area contributed by atoms with Gasteiger partial charge >= 0.3 is 0 Å². The maximum absolute atomic E-state index is 10.6. The Labute approximate surface area is 161 Å². The fourth-order valence-corrected chi connectivity index (χ4v) is 6.65. The van der Waals surface area contributed by atoms with E-state index in [1.165, 1.54) is 16.7 Å². The van der Waals surface area contributed by atoms with Gasteiger partial charge in [-0.15, -0.1) is 0 Å². The Morgan fingerprint density at radius 2 is 1.85 bits per heavy atom. The zero-order valence-electron chi connectivity index (χ0n) is 15.9. The number of phenolic OH excluding ortho intramolecular Hbond substituents is 1. The van der Waals surface area contributed by atoms with Crippen LogP contribution in [-0.4, -0.2) is 16.3 Å². The first-order valence-electron chi connectivity index (χ1n) is 10.2. The minimum Gasteiger partial charge on any atom is -0.508 e. The number of aromatic hydroxyl groups is 1. The van der Waals surface area contributed by atoms with E-state index in [0.717, 1.165) is 31.3 Å². The molecule has 0 bridgehead atoms. The molecule has 0 aliphatic heterocycles. The maximum atomic E-state index is 10.6. The van der Waals surface area contributed by atoms with E-state index in [1.54, 1.807) is 0 Å². The molecule has 2 heteroatoms. The summed E-state index contributed by atoms with van der Waals surface area (Å²) in [6.07, 6.45) is 3.72. The molecule has 0 spiro atoms. The van der Waals surface area contributed by atoms with Crippen LogP contribution >= 0.6 is 0 Å². The molecule has 2 N–H and O–H groups in total. The van der Waals surface area contributed by atoms with Gasteiger partial charge in [-0.1, -0.05) is 49.9 Å². The van der Waals surface area contributed by atoms with E-state index >= 15 is 0 Å². The van der Waals surface area contributed by atoms with E-state index in [4.69, 9.17) is 0 Å². The van der Waals surface area contributed by atoms with Gasteiger partial charge in [0.05, 0.1) is 6.10 Å². The molecule has 0 saturated heterocycles. The fraction of sp³-hybridized carbons (Fsp3) is 0.440. The van der Waals surface area contributed by atoms with Crippen molar-refractivity contribution in [2.24, 2.45) is 17.3 Å². The molecule has 5 rings (SSSR count).